The number of carbonyl (C=O) groups excluding carboxylic acids is 1. The van der Waals surface area contributed by atoms with Crippen LogP contribution in [0, 0.1) is 5.82 Å². The van der Waals surface area contributed by atoms with Crippen molar-refractivity contribution in [1.29, 1.82) is 0 Å². The Morgan fingerprint density at radius 1 is 1.15 bits per heavy atom. The zero-order valence-electron chi connectivity index (χ0n) is 19.5. The lowest BCUT2D eigenvalue weighted by atomic mass is 9.97. The summed E-state index contributed by atoms with van der Waals surface area (Å²) in [5, 5.41) is 3.01. The van der Waals surface area contributed by atoms with Gasteiger partial charge in [0.2, 0.25) is 0 Å². The number of likely N-dealkylation sites (tertiary alicyclic amines) is 1. The molecule has 7 nitrogen and oxygen atoms in total. The van der Waals surface area contributed by atoms with Crippen molar-refractivity contribution in [2.75, 3.05) is 38.1 Å². The lowest BCUT2D eigenvalue weighted by Crippen LogP contribution is -2.61. The first-order valence-electron chi connectivity index (χ1n) is 11.6. The summed E-state index contributed by atoms with van der Waals surface area (Å²) < 4.78 is 14.2. The average Bonchev–Trinajstić information content (AvgIpc) is 2.82. The van der Waals surface area contributed by atoms with Crippen LogP contribution in [-0.4, -0.2) is 77.0 Å². The van der Waals surface area contributed by atoms with Crippen molar-refractivity contribution >= 4 is 23.3 Å². The highest BCUT2D eigenvalue weighted by Crippen LogP contribution is 2.27. The van der Waals surface area contributed by atoms with Gasteiger partial charge in [0.25, 0.3) is 5.91 Å². The Bertz CT molecular complexity index is 966. The Labute approximate surface area is 199 Å². The zero-order chi connectivity index (χ0) is 23.5. The predicted octanol–water partition coefficient (Wildman–Crippen LogP) is 3.19. The van der Waals surface area contributed by atoms with Crippen LogP contribution in [0.2, 0.25) is 5.02 Å². The largest absolute Gasteiger partial charge is 0.354 e. The lowest BCUT2D eigenvalue weighted by Gasteiger charge is -2.49. The summed E-state index contributed by atoms with van der Waals surface area (Å²) in [5.74, 6) is 0.349. The maximum atomic E-state index is 14.2. The van der Waals surface area contributed by atoms with Crippen LogP contribution in [0.1, 0.15) is 42.7 Å². The summed E-state index contributed by atoms with van der Waals surface area (Å²) >= 11 is 5.88. The van der Waals surface area contributed by atoms with Gasteiger partial charge in [-0.2, -0.15) is 0 Å². The van der Waals surface area contributed by atoms with Crippen LogP contribution in [0.4, 0.5) is 10.2 Å². The molecule has 2 atom stereocenters. The van der Waals surface area contributed by atoms with Gasteiger partial charge in [-0.3, -0.25) is 14.6 Å². The molecule has 2 saturated heterocycles. The van der Waals surface area contributed by atoms with Crippen LogP contribution in [0.5, 0.6) is 0 Å². The first-order chi connectivity index (χ1) is 15.9. The molecule has 2 aliphatic rings. The molecule has 1 aromatic carbocycles. The molecule has 9 heteroatoms. The van der Waals surface area contributed by atoms with E-state index in [2.05, 4.69) is 43.8 Å². The number of piperidine rings is 1. The molecule has 1 amide bonds. The number of hydrogen-bond acceptors (Lipinski definition) is 6. The minimum atomic E-state index is -0.231. The van der Waals surface area contributed by atoms with E-state index < -0.39 is 0 Å². The van der Waals surface area contributed by atoms with Gasteiger partial charge in [0.15, 0.2) is 0 Å². The van der Waals surface area contributed by atoms with Crippen molar-refractivity contribution in [3.8, 4) is 0 Å². The second-order valence-corrected chi connectivity index (χ2v) is 9.57. The van der Waals surface area contributed by atoms with E-state index in [1.165, 1.54) is 12.3 Å². The summed E-state index contributed by atoms with van der Waals surface area (Å²) in [7, 11) is 1.58. The number of aromatic nitrogens is 2. The van der Waals surface area contributed by atoms with E-state index in [9.17, 15) is 9.18 Å². The van der Waals surface area contributed by atoms with Crippen LogP contribution in [0.15, 0.2) is 30.6 Å². The van der Waals surface area contributed by atoms with E-state index in [0.717, 1.165) is 44.8 Å². The molecule has 0 saturated carbocycles. The van der Waals surface area contributed by atoms with E-state index in [0.29, 0.717) is 41.0 Å². The molecule has 178 valence electrons. The molecule has 4 rings (SSSR count). The van der Waals surface area contributed by atoms with Gasteiger partial charge in [-0.25, -0.2) is 14.4 Å². The van der Waals surface area contributed by atoms with Crippen molar-refractivity contribution in [3.05, 3.63) is 52.7 Å². The smallest absolute Gasteiger partial charge is 0.271 e. The number of rotatable bonds is 5. The van der Waals surface area contributed by atoms with Gasteiger partial charge in [0.05, 0.1) is 12.4 Å². The third-order valence-electron chi connectivity index (χ3n) is 6.86. The van der Waals surface area contributed by atoms with Gasteiger partial charge in [-0.15, -0.1) is 0 Å². The second kappa shape index (κ2) is 10.3. The fourth-order valence-electron chi connectivity index (χ4n) is 5.00. The highest BCUT2D eigenvalue weighted by molar-refractivity contribution is 6.30. The Morgan fingerprint density at radius 2 is 1.91 bits per heavy atom. The second-order valence-electron chi connectivity index (χ2n) is 9.13. The minimum absolute atomic E-state index is 0.227. The molecule has 2 aromatic rings. The topological polar surface area (TPSA) is 64.6 Å². The van der Waals surface area contributed by atoms with Crippen molar-refractivity contribution in [3.63, 3.8) is 0 Å². The van der Waals surface area contributed by atoms with Crippen LogP contribution in [0.25, 0.3) is 0 Å². The fraction of sp³-hybridized carbons (Fsp3) is 0.542. The molecule has 0 aliphatic carbocycles. The van der Waals surface area contributed by atoms with Crippen molar-refractivity contribution in [1.82, 2.24) is 25.1 Å². The van der Waals surface area contributed by atoms with E-state index >= 15 is 0 Å². The van der Waals surface area contributed by atoms with Crippen LogP contribution < -0.4 is 10.2 Å². The monoisotopic (exact) mass is 474 g/mol. The van der Waals surface area contributed by atoms with Gasteiger partial charge in [0, 0.05) is 55.4 Å². The van der Waals surface area contributed by atoms with E-state index in [-0.39, 0.29) is 11.7 Å². The zero-order valence-corrected chi connectivity index (χ0v) is 20.2. The number of benzene rings is 1. The number of hydrogen-bond donors (Lipinski definition) is 1. The fourth-order valence-corrected chi connectivity index (χ4v) is 5.15. The molecule has 2 fully saturated rings. The lowest BCUT2D eigenvalue weighted by molar-refractivity contribution is 0.0583. The molecule has 1 N–H and O–H groups in total. The first kappa shape index (κ1) is 23.9. The Kier molecular flexibility index (Phi) is 7.46. The SMILES string of the molecule is CNC(=O)c1cnc(N2C[C@H](C)N(C3CCN(Cc4ccc(Cl)cc4F)CC3)C[C@H]2C)cn1. The molecule has 33 heavy (non-hydrogen) atoms. The summed E-state index contributed by atoms with van der Waals surface area (Å²) in [4.78, 5) is 27.7. The highest BCUT2D eigenvalue weighted by Gasteiger charge is 2.35. The van der Waals surface area contributed by atoms with Crippen LogP contribution >= 0.6 is 11.6 Å². The molecule has 0 spiro atoms. The Morgan fingerprint density at radius 3 is 2.55 bits per heavy atom. The normalized spacial score (nSPS) is 23.0. The number of nitrogens with one attached hydrogen (secondary N) is 1. The molecule has 2 aliphatic heterocycles. The average molecular weight is 475 g/mol. The predicted molar refractivity (Wildman–Crippen MR) is 128 cm³/mol. The maximum absolute atomic E-state index is 14.2. The molecule has 1 aromatic heterocycles. The van der Waals surface area contributed by atoms with Gasteiger partial charge in [-0.05, 0) is 51.9 Å². The number of amides is 1. The molecule has 0 radical (unpaired) electrons. The van der Waals surface area contributed by atoms with Crippen molar-refractivity contribution in [2.45, 2.75) is 51.4 Å². The van der Waals surface area contributed by atoms with Crippen LogP contribution in [0.3, 0.4) is 0 Å². The molecular formula is C24H32ClFN6O. The van der Waals surface area contributed by atoms with E-state index in [1.54, 1.807) is 25.4 Å². The van der Waals surface area contributed by atoms with Crippen molar-refractivity contribution in [2.24, 2.45) is 0 Å². The highest BCUT2D eigenvalue weighted by atomic mass is 35.5. The van der Waals surface area contributed by atoms with E-state index in [1.807, 2.05) is 0 Å². The number of anilines is 1. The standard InChI is InChI=1S/C24H32ClFN6O/c1-16-14-32(23-12-28-22(11-29-23)24(33)27-3)17(2)13-31(16)20-6-8-30(9-7-20)15-18-4-5-19(25)10-21(18)26/h4-5,10-12,16-17,20H,6-9,13-15H2,1-3H3,(H,27,33)/t16-,17+/m0/s1. The van der Waals surface area contributed by atoms with Gasteiger partial charge >= 0.3 is 0 Å². The van der Waals surface area contributed by atoms with Gasteiger partial charge in [-0.1, -0.05) is 17.7 Å². The molecular weight excluding hydrogens is 443 g/mol. The van der Waals surface area contributed by atoms with Crippen molar-refractivity contribution < 1.29 is 9.18 Å². The maximum Gasteiger partial charge on any atom is 0.271 e. The number of nitrogens with zero attached hydrogens (tertiary/aromatic N) is 5. The Balaban J connectivity index is 1.33. The molecule has 3 heterocycles. The van der Waals surface area contributed by atoms with Gasteiger partial charge in [0.1, 0.15) is 17.3 Å². The number of carbonyl (C=O) groups is 1. The molecule has 0 unspecified atom stereocenters. The Hall–Kier alpha value is -2.29. The number of piperazine rings is 1. The summed E-state index contributed by atoms with van der Waals surface area (Å²) in [6, 6.07) is 6.14. The van der Waals surface area contributed by atoms with Gasteiger partial charge < -0.3 is 10.2 Å². The summed E-state index contributed by atoms with van der Waals surface area (Å²) in [6.45, 7) is 8.84. The minimum Gasteiger partial charge on any atom is -0.354 e. The number of halogens is 2. The quantitative estimate of drug-likeness (QED) is 0.718. The van der Waals surface area contributed by atoms with Crippen LogP contribution in [-0.2, 0) is 6.54 Å². The third kappa shape index (κ3) is 5.45. The van der Waals surface area contributed by atoms with E-state index in [4.69, 9.17) is 11.6 Å². The third-order valence-corrected chi connectivity index (χ3v) is 7.10. The molecule has 0 bridgehead atoms. The summed E-state index contributed by atoms with van der Waals surface area (Å²) in [6.07, 6.45) is 5.38. The summed E-state index contributed by atoms with van der Waals surface area (Å²) in [5.41, 5.74) is 1.03. The first-order valence-corrected chi connectivity index (χ1v) is 12.0.